The van der Waals surface area contributed by atoms with Crippen LogP contribution in [0.25, 0.3) is 11.4 Å². The van der Waals surface area contributed by atoms with Crippen LogP contribution >= 0.6 is 39.7 Å². The van der Waals surface area contributed by atoms with E-state index in [1.165, 1.54) is 0 Å². The van der Waals surface area contributed by atoms with Crippen molar-refractivity contribution < 1.29 is 4.74 Å². The number of nitrogens with zero attached hydrogens (tertiary/aromatic N) is 3. The normalized spacial score (nSPS) is 11.1. The van der Waals surface area contributed by atoms with E-state index in [1.807, 2.05) is 36.4 Å². The van der Waals surface area contributed by atoms with Crippen LogP contribution in [0.5, 0.6) is 5.75 Å². The molecular weight excluding hydrogens is 412 g/mol. The number of aromatic nitrogens is 3. The molecule has 0 aliphatic rings. The number of hydrogen-bond donors (Lipinski definition) is 1. The molecule has 0 fully saturated rings. The monoisotopic (exact) mass is 422 g/mol. The van der Waals surface area contributed by atoms with Crippen LogP contribution in [0, 0.1) is 4.77 Å². The van der Waals surface area contributed by atoms with Gasteiger partial charge in [0.1, 0.15) is 5.75 Å². The molecule has 1 aromatic heterocycles. The predicted octanol–water partition coefficient (Wildman–Crippen LogP) is 4.91. The molecule has 0 unspecified atom stereocenters. The van der Waals surface area contributed by atoms with Gasteiger partial charge in [-0.05, 0) is 64.0 Å². The van der Waals surface area contributed by atoms with Crippen molar-refractivity contribution >= 4 is 46.0 Å². The Balaban J connectivity index is 1.97. The van der Waals surface area contributed by atoms with E-state index in [-0.39, 0.29) is 0 Å². The number of nitrogens with one attached hydrogen (secondary N) is 1. The third-order valence-corrected chi connectivity index (χ3v) is 4.35. The van der Waals surface area contributed by atoms with Gasteiger partial charge in [-0.1, -0.05) is 23.7 Å². The maximum absolute atomic E-state index is 6.04. The molecule has 0 radical (unpaired) electrons. The molecule has 0 amide bonds. The van der Waals surface area contributed by atoms with E-state index in [9.17, 15) is 0 Å². The highest BCUT2D eigenvalue weighted by Crippen LogP contribution is 2.25. The van der Waals surface area contributed by atoms with Crippen LogP contribution < -0.4 is 4.74 Å². The molecule has 3 rings (SSSR count). The van der Waals surface area contributed by atoms with E-state index < -0.39 is 0 Å². The third kappa shape index (κ3) is 3.58. The van der Waals surface area contributed by atoms with Gasteiger partial charge in [0.25, 0.3) is 0 Å². The number of halogens is 2. The average Bonchev–Trinajstić information content (AvgIpc) is 2.94. The van der Waals surface area contributed by atoms with Gasteiger partial charge in [0.15, 0.2) is 5.82 Å². The Kier molecular flexibility index (Phi) is 5.13. The summed E-state index contributed by atoms with van der Waals surface area (Å²) in [5.74, 6) is 1.35. The summed E-state index contributed by atoms with van der Waals surface area (Å²) >= 11 is 14.8. The second kappa shape index (κ2) is 7.29. The number of rotatable bonds is 4. The smallest absolute Gasteiger partial charge is 0.216 e. The summed E-state index contributed by atoms with van der Waals surface area (Å²) in [5.41, 5.74) is 1.71. The molecule has 0 atom stereocenters. The first-order valence-electron chi connectivity index (χ1n) is 6.90. The molecule has 3 aromatic rings. The number of aromatic amines is 1. The van der Waals surface area contributed by atoms with E-state index in [1.54, 1.807) is 24.1 Å². The lowest BCUT2D eigenvalue weighted by Crippen LogP contribution is -1.95. The lowest BCUT2D eigenvalue weighted by Gasteiger charge is -2.04. The first-order chi connectivity index (χ1) is 11.6. The Labute approximate surface area is 157 Å². The summed E-state index contributed by atoms with van der Waals surface area (Å²) < 4.78 is 8.02. The Morgan fingerprint density at radius 2 is 2.17 bits per heavy atom. The molecule has 0 aliphatic carbocycles. The van der Waals surface area contributed by atoms with Crippen LogP contribution in [-0.4, -0.2) is 28.2 Å². The summed E-state index contributed by atoms with van der Waals surface area (Å²) in [6.45, 7) is 0. The topological polar surface area (TPSA) is 55.2 Å². The van der Waals surface area contributed by atoms with Crippen LogP contribution in [0.3, 0.4) is 0 Å². The second-order valence-electron chi connectivity index (χ2n) is 4.81. The Bertz CT molecular complexity index is 967. The number of methoxy groups -OCH3 is 1. The molecule has 0 saturated carbocycles. The second-order valence-corrected chi connectivity index (χ2v) is 6.49. The summed E-state index contributed by atoms with van der Waals surface area (Å²) in [5, 5.41) is 12.0. The average molecular weight is 424 g/mol. The van der Waals surface area contributed by atoms with Gasteiger partial charge >= 0.3 is 0 Å². The first kappa shape index (κ1) is 16.9. The Hall–Kier alpha value is -1.96. The Morgan fingerprint density at radius 1 is 1.33 bits per heavy atom. The van der Waals surface area contributed by atoms with Gasteiger partial charge in [0.05, 0.1) is 17.8 Å². The van der Waals surface area contributed by atoms with E-state index in [2.05, 4.69) is 31.2 Å². The van der Waals surface area contributed by atoms with Gasteiger partial charge in [0, 0.05) is 10.6 Å². The van der Waals surface area contributed by atoms with Gasteiger partial charge in [-0.3, -0.25) is 0 Å². The Morgan fingerprint density at radius 3 is 2.88 bits per heavy atom. The van der Waals surface area contributed by atoms with E-state index in [0.717, 1.165) is 21.3 Å². The van der Waals surface area contributed by atoms with Crippen molar-refractivity contribution in [1.82, 2.24) is 14.9 Å². The molecule has 8 heteroatoms. The molecule has 0 saturated heterocycles. The largest absolute Gasteiger partial charge is 0.496 e. The highest BCUT2D eigenvalue weighted by Gasteiger charge is 2.08. The molecule has 5 nitrogen and oxygen atoms in total. The lowest BCUT2D eigenvalue weighted by molar-refractivity contribution is 0.412. The zero-order valence-electron chi connectivity index (χ0n) is 12.5. The molecule has 122 valence electrons. The van der Waals surface area contributed by atoms with Crippen molar-refractivity contribution in [3.8, 4) is 17.1 Å². The van der Waals surface area contributed by atoms with Crippen molar-refractivity contribution in [2.45, 2.75) is 0 Å². The van der Waals surface area contributed by atoms with Crippen molar-refractivity contribution in [2.24, 2.45) is 5.10 Å². The van der Waals surface area contributed by atoms with E-state index in [4.69, 9.17) is 28.6 Å². The molecule has 0 bridgehead atoms. The lowest BCUT2D eigenvalue weighted by atomic mass is 10.2. The molecule has 1 heterocycles. The fourth-order valence-corrected chi connectivity index (χ4v) is 3.03. The van der Waals surface area contributed by atoms with Gasteiger partial charge in [0.2, 0.25) is 4.77 Å². The quantitative estimate of drug-likeness (QED) is 0.479. The van der Waals surface area contributed by atoms with Gasteiger partial charge in [-0.25, -0.2) is 5.10 Å². The molecular formula is C16H12BrClN4OS. The summed E-state index contributed by atoms with van der Waals surface area (Å²) in [7, 11) is 1.62. The maximum atomic E-state index is 6.04. The van der Waals surface area contributed by atoms with Crippen LogP contribution in [0.1, 0.15) is 5.56 Å². The molecule has 2 aromatic carbocycles. The zero-order chi connectivity index (χ0) is 17.1. The summed E-state index contributed by atoms with van der Waals surface area (Å²) in [6.07, 6.45) is 1.70. The van der Waals surface area contributed by atoms with E-state index in [0.29, 0.717) is 15.6 Å². The minimum absolute atomic E-state index is 0.397. The van der Waals surface area contributed by atoms with Gasteiger partial charge in [-0.2, -0.15) is 14.9 Å². The molecule has 0 spiro atoms. The van der Waals surface area contributed by atoms with E-state index >= 15 is 0 Å². The fourth-order valence-electron chi connectivity index (χ4n) is 2.10. The molecule has 0 aliphatic heterocycles. The minimum Gasteiger partial charge on any atom is -0.496 e. The molecule has 1 N–H and O–H groups in total. The number of benzene rings is 2. The van der Waals surface area contributed by atoms with Crippen LogP contribution in [-0.2, 0) is 0 Å². The molecule has 24 heavy (non-hydrogen) atoms. The van der Waals surface area contributed by atoms with Crippen LogP contribution in [0.15, 0.2) is 52.0 Å². The highest BCUT2D eigenvalue weighted by molar-refractivity contribution is 9.10. The highest BCUT2D eigenvalue weighted by atomic mass is 79.9. The minimum atomic E-state index is 0.397. The maximum Gasteiger partial charge on any atom is 0.216 e. The van der Waals surface area contributed by atoms with Gasteiger partial charge < -0.3 is 4.74 Å². The van der Waals surface area contributed by atoms with Crippen LogP contribution in [0.2, 0.25) is 5.02 Å². The van der Waals surface area contributed by atoms with Crippen molar-refractivity contribution in [3.63, 3.8) is 0 Å². The van der Waals surface area contributed by atoms with Crippen molar-refractivity contribution in [3.05, 3.63) is 62.3 Å². The van der Waals surface area contributed by atoms with Crippen LogP contribution in [0.4, 0.5) is 0 Å². The predicted molar refractivity (Wildman–Crippen MR) is 102 cm³/mol. The number of hydrogen-bond acceptors (Lipinski definition) is 4. The van der Waals surface area contributed by atoms with Crippen molar-refractivity contribution in [1.29, 1.82) is 0 Å². The first-order valence-corrected chi connectivity index (χ1v) is 8.47. The SMILES string of the molecule is COc1ccc(/C=N\n2c(-c3cccc(Cl)c3)n[nH]c2=S)cc1Br. The standard InChI is InChI=1S/C16H12BrClN4OS/c1-23-14-6-5-10(7-13(14)17)9-19-22-15(20-21-16(22)24)11-3-2-4-12(18)8-11/h2-9H,1H3,(H,21,24)/b19-9-. The van der Waals surface area contributed by atoms with Gasteiger partial charge in [-0.15, -0.1) is 0 Å². The number of ether oxygens (including phenoxy) is 1. The summed E-state index contributed by atoms with van der Waals surface area (Å²) in [6, 6.07) is 13.0. The fraction of sp³-hybridized carbons (Fsp3) is 0.0625. The zero-order valence-corrected chi connectivity index (χ0v) is 15.7. The summed E-state index contributed by atoms with van der Waals surface area (Å²) in [4.78, 5) is 0. The number of H-pyrrole nitrogens is 1. The third-order valence-electron chi connectivity index (χ3n) is 3.23. The van der Waals surface area contributed by atoms with Crippen molar-refractivity contribution in [2.75, 3.05) is 7.11 Å².